The Kier molecular flexibility index (Phi) is 5.28. The quantitative estimate of drug-likeness (QED) is 0.814. The monoisotopic (exact) mass is 317 g/mol. The van der Waals surface area contributed by atoms with Crippen molar-refractivity contribution in [2.45, 2.75) is 58.8 Å². The molecule has 1 saturated heterocycles. The number of unbranched alkanes of at least 4 members (excludes halogenated alkanes) is 1. The number of nitrogens with zero attached hydrogens (tertiary/aromatic N) is 3. The second kappa shape index (κ2) is 7.41. The van der Waals surface area contributed by atoms with Gasteiger partial charge in [0.15, 0.2) is 11.2 Å². The summed E-state index contributed by atoms with van der Waals surface area (Å²) in [7, 11) is 0. The first-order valence-corrected chi connectivity index (χ1v) is 8.74. The fourth-order valence-corrected chi connectivity index (χ4v) is 3.11. The van der Waals surface area contributed by atoms with Gasteiger partial charge in [-0.3, -0.25) is 4.90 Å². The van der Waals surface area contributed by atoms with Gasteiger partial charge in [0.1, 0.15) is 0 Å². The number of hydrogen-bond donors (Lipinski definition) is 0. The summed E-state index contributed by atoms with van der Waals surface area (Å²) in [4.78, 5) is 11.2. The molecule has 1 fully saturated rings. The molecule has 1 aliphatic heterocycles. The molecule has 0 N–H and O–H groups in total. The fourth-order valence-electron chi connectivity index (χ4n) is 3.11. The molecular weight excluding hydrogens is 290 g/mol. The zero-order valence-electron chi connectivity index (χ0n) is 14.4. The molecule has 126 valence electrons. The van der Waals surface area contributed by atoms with Crippen LogP contribution in [0.2, 0.25) is 0 Å². The Morgan fingerprint density at radius 1 is 1.35 bits per heavy atom. The predicted octanol–water partition coefficient (Wildman–Crippen LogP) is 3.64. The van der Waals surface area contributed by atoms with Crippen molar-refractivity contribution in [1.82, 2.24) is 14.9 Å². The molecule has 0 amide bonds. The average molecular weight is 317 g/mol. The molecule has 0 aromatic carbocycles. The van der Waals surface area contributed by atoms with Gasteiger partial charge >= 0.3 is 0 Å². The van der Waals surface area contributed by atoms with E-state index < -0.39 is 0 Å². The normalized spacial score (nSPS) is 23.0. The largest absolute Gasteiger partial charge is 0.438 e. The highest BCUT2D eigenvalue weighted by molar-refractivity contribution is 5.66. The second-order valence-corrected chi connectivity index (χ2v) is 6.81. The Morgan fingerprint density at radius 3 is 2.96 bits per heavy atom. The zero-order valence-corrected chi connectivity index (χ0v) is 14.4. The lowest BCUT2D eigenvalue weighted by atomic mass is 10.0. The molecule has 23 heavy (non-hydrogen) atoms. The van der Waals surface area contributed by atoms with Crippen LogP contribution in [0.3, 0.4) is 0 Å². The van der Waals surface area contributed by atoms with Gasteiger partial charge < -0.3 is 9.15 Å². The Hall–Kier alpha value is -1.46. The summed E-state index contributed by atoms with van der Waals surface area (Å²) >= 11 is 0. The summed E-state index contributed by atoms with van der Waals surface area (Å²) in [5.74, 6) is 1.27. The molecule has 0 bridgehead atoms. The summed E-state index contributed by atoms with van der Waals surface area (Å²) in [6.45, 7) is 9.31. The van der Waals surface area contributed by atoms with E-state index in [9.17, 15) is 0 Å². The van der Waals surface area contributed by atoms with Crippen molar-refractivity contribution in [2.75, 3.05) is 13.1 Å². The van der Waals surface area contributed by atoms with Crippen molar-refractivity contribution in [3.8, 4) is 0 Å². The SMILES string of the molecule is CCCC[C@@H]1CN(Cc2nc3ncccc3o2)C[C@H](C(C)C)O1. The molecule has 3 rings (SSSR count). The highest BCUT2D eigenvalue weighted by Crippen LogP contribution is 2.23. The topological polar surface area (TPSA) is 51.4 Å². The number of aromatic nitrogens is 2. The number of oxazole rings is 1. The highest BCUT2D eigenvalue weighted by atomic mass is 16.5. The van der Waals surface area contributed by atoms with E-state index in [1.165, 1.54) is 12.8 Å². The Bertz CT molecular complexity index is 593. The van der Waals surface area contributed by atoms with Crippen molar-refractivity contribution in [3.63, 3.8) is 0 Å². The molecule has 0 unspecified atom stereocenters. The Labute approximate surface area is 138 Å². The van der Waals surface area contributed by atoms with Gasteiger partial charge in [0.2, 0.25) is 5.89 Å². The molecule has 0 spiro atoms. The van der Waals surface area contributed by atoms with E-state index >= 15 is 0 Å². The van der Waals surface area contributed by atoms with Crippen molar-refractivity contribution in [2.24, 2.45) is 5.92 Å². The van der Waals surface area contributed by atoms with Crippen molar-refractivity contribution >= 4 is 11.2 Å². The van der Waals surface area contributed by atoms with Gasteiger partial charge in [-0.05, 0) is 24.5 Å². The molecule has 5 heteroatoms. The first kappa shape index (κ1) is 16.4. The third-order valence-corrected chi connectivity index (χ3v) is 4.46. The highest BCUT2D eigenvalue weighted by Gasteiger charge is 2.30. The lowest BCUT2D eigenvalue weighted by Crippen LogP contribution is -2.49. The number of fused-ring (bicyclic) bond motifs is 1. The van der Waals surface area contributed by atoms with Gasteiger partial charge in [0, 0.05) is 19.3 Å². The predicted molar refractivity (Wildman–Crippen MR) is 90.1 cm³/mol. The fraction of sp³-hybridized carbons (Fsp3) is 0.667. The molecule has 2 aromatic heterocycles. The van der Waals surface area contributed by atoms with Crippen LogP contribution in [0.25, 0.3) is 11.2 Å². The molecule has 5 nitrogen and oxygen atoms in total. The number of hydrogen-bond acceptors (Lipinski definition) is 5. The van der Waals surface area contributed by atoms with Crippen LogP contribution < -0.4 is 0 Å². The molecule has 2 atom stereocenters. The average Bonchev–Trinajstić information content (AvgIpc) is 2.94. The summed E-state index contributed by atoms with van der Waals surface area (Å²) in [6.07, 6.45) is 5.91. The van der Waals surface area contributed by atoms with Crippen LogP contribution in [0.1, 0.15) is 45.9 Å². The van der Waals surface area contributed by atoms with Crippen molar-refractivity contribution < 1.29 is 9.15 Å². The van der Waals surface area contributed by atoms with Crippen molar-refractivity contribution in [3.05, 3.63) is 24.2 Å². The number of rotatable bonds is 6. The Balaban J connectivity index is 1.69. The minimum absolute atomic E-state index is 0.285. The van der Waals surface area contributed by atoms with Crippen LogP contribution in [-0.4, -0.2) is 40.2 Å². The van der Waals surface area contributed by atoms with Gasteiger partial charge in [-0.1, -0.05) is 33.6 Å². The third kappa shape index (κ3) is 4.09. The lowest BCUT2D eigenvalue weighted by Gasteiger charge is -2.39. The van der Waals surface area contributed by atoms with Gasteiger partial charge in [-0.25, -0.2) is 4.98 Å². The zero-order chi connectivity index (χ0) is 16.2. The van der Waals surface area contributed by atoms with E-state index in [1.54, 1.807) is 6.20 Å². The minimum atomic E-state index is 0.285. The van der Waals surface area contributed by atoms with E-state index in [-0.39, 0.29) is 6.10 Å². The van der Waals surface area contributed by atoms with E-state index in [2.05, 4.69) is 35.6 Å². The smallest absolute Gasteiger partial charge is 0.211 e. The van der Waals surface area contributed by atoms with Crippen LogP contribution in [0.4, 0.5) is 0 Å². The maximum Gasteiger partial charge on any atom is 0.211 e. The van der Waals surface area contributed by atoms with Crippen LogP contribution in [0, 0.1) is 5.92 Å². The van der Waals surface area contributed by atoms with Crippen LogP contribution in [0.15, 0.2) is 22.7 Å². The minimum Gasteiger partial charge on any atom is -0.438 e. The van der Waals surface area contributed by atoms with Crippen LogP contribution >= 0.6 is 0 Å². The van der Waals surface area contributed by atoms with Gasteiger partial charge in [-0.15, -0.1) is 0 Å². The van der Waals surface area contributed by atoms with E-state index in [1.807, 2.05) is 12.1 Å². The van der Waals surface area contributed by atoms with Gasteiger partial charge in [-0.2, -0.15) is 4.98 Å². The molecule has 0 radical (unpaired) electrons. The molecule has 1 aliphatic rings. The standard InChI is InChI=1S/C18H27N3O2/c1-4-5-7-14-10-21(11-16(22-14)13(2)3)12-17-20-18-15(23-17)8-6-9-19-18/h6,8-9,13-14,16H,4-5,7,10-12H2,1-3H3/t14-,16-/m1/s1. The van der Waals surface area contributed by atoms with Crippen LogP contribution in [-0.2, 0) is 11.3 Å². The molecule has 2 aromatic rings. The summed E-state index contributed by atoms with van der Waals surface area (Å²) in [6, 6.07) is 3.79. The third-order valence-electron chi connectivity index (χ3n) is 4.46. The van der Waals surface area contributed by atoms with E-state index in [0.29, 0.717) is 17.7 Å². The summed E-state index contributed by atoms with van der Waals surface area (Å²) in [5, 5.41) is 0. The molecule has 0 saturated carbocycles. The molecule has 3 heterocycles. The van der Waals surface area contributed by atoms with Gasteiger partial charge in [0.05, 0.1) is 18.8 Å². The lowest BCUT2D eigenvalue weighted by molar-refractivity contribution is -0.109. The number of pyridine rings is 1. The van der Waals surface area contributed by atoms with Crippen molar-refractivity contribution in [1.29, 1.82) is 0 Å². The summed E-state index contributed by atoms with van der Waals surface area (Å²) < 4.78 is 12.1. The van der Waals surface area contributed by atoms with Gasteiger partial charge in [0.25, 0.3) is 0 Å². The van der Waals surface area contributed by atoms with E-state index in [0.717, 1.165) is 37.5 Å². The van der Waals surface area contributed by atoms with E-state index in [4.69, 9.17) is 9.15 Å². The first-order chi connectivity index (χ1) is 11.2. The number of ether oxygens (including phenoxy) is 1. The number of morpholine rings is 1. The maximum atomic E-state index is 6.27. The molecular formula is C18H27N3O2. The first-order valence-electron chi connectivity index (χ1n) is 8.74. The Morgan fingerprint density at radius 2 is 2.22 bits per heavy atom. The van der Waals surface area contributed by atoms with Crippen LogP contribution in [0.5, 0.6) is 0 Å². The summed E-state index contributed by atoms with van der Waals surface area (Å²) in [5.41, 5.74) is 1.46. The maximum absolute atomic E-state index is 6.27. The second-order valence-electron chi connectivity index (χ2n) is 6.81. The molecule has 0 aliphatic carbocycles.